The summed E-state index contributed by atoms with van der Waals surface area (Å²) in [6, 6.07) is 16.5. The molecule has 228 valence electrons. The van der Waals surface area contributed by atoms with Gasteiger partial charge in [-0.25, -0.2) is 4.79 Å². The van der Waals surface area contributed by atoms with Crippen LogP contribution in [0.1, 0.15) is 39.9 Å². The lowest BCUT2D eigenvalue weighted by Gasteiger charge is -2.16. The van der Waals surface area contributed by atoms with Gasteiger partial charge in [-0.2, -0.15) is 13.2 Å². The number of nitrogens with one attached hydrogen (secondary N) is 1. The molecule has 1 atom stereocenters. The molecule has 0 unspecified atom stereocenters. The number of aliphatic hydroxyl groups is 2. The number of alkyl halides is 3. The molecule has 0 aliphatic carbocycles. The third-order valence-corrected chi connectivity index (χ3v) is 6.80. The lowest BCUT2D eigenvalue weighted by molar-refractivity contribution is -0.137. The molecule has 3 aromatic carbocycles. The number of fused-ring (bicyclic) bond motifs is 1. The largest absolute Gasteiger partial charge is 0.493 e. The first-order valence-electron chi connectivity index (χ1n) is 13.7. The molecule has 0 saturated heterocycles. The van der Waals surface area contributed by atoms with Gasteiger partial charge in [0, 0.05) is 30.4 Å². The van der Waals surface area contributed by atoms with E-state index in [1.807, 2.05) is 30.3 Å². The molecule has 11 heteroatoms. The van der Waals surface area contributed by atoms with Crippen molar-refractivity contribution in [1.29, 1.82) is 0 Å². The molecule has 3 N–H and O–H groups in total. The molecule has 0 radical (unpaired) electrons. The minimum atomic E-state index is -4.54. The maximum absolute atomic E-state index is 13.2. The Labute approximate surface area is 246 Å². The van der Waals surface area contributed by atoms with Crippen LogP contribution in [0.2, 0.25) is 0 Å². The number of esters is 1. The molecule has 0 saturated carbocycles. The smallest absolute Gasteiger partial charge is 0.416 e. The predicted molar refractivity (Wildman–Crippen MR) is 153 cm³/mol. The topological polar surface area (TPSA) is 118 Å². The first kappa shape index (κ1) is 31.6. The second kappa shape index (κ2) is 14.2. The lowest BCUT2D eigenvalue weighted by atomic mass is 10.0. The Morgan fingerprint density at radius 2 is 1.72 bits per heavy atom. The number of rotatable bonds is 13. The molecule has 4 rings (SSSR count). The molecular formula is C32H32F3NO7. The fourth-order valence-electron chi connectivity index (χ4n) is 4.66. The van der Waals surface area contributed by atoms with Crippen LogP contribution in [-0.2, 0) is 28.5 Å². The van der Waals surface area contributed by atoms with Crippen LogP contribution in [-0.4, -0.2) is 55.1 Å². The minimum absolute atomic E-state index is 0.00221. The van der Waals surface area contributed by atoms with Gasteiger partial charge in [0.1, 0.15) is 11.3 Å². The van der Waals surface area contributed by atoms with Crippen molar-refractivity contribution in [2.75, 3.05) is 26.9 Å². The van der Waals surface area contributed by atoms with E-state index in [4.69, 9.17) is 19.0 Å². The summed E-state index contributed by atoms with van der Waals surface area (Å²) in [7, 11) is 1.40. The number of carbonyl (C=O) groups is 2. The summed E-state index contributed by atoms with van der Waals surface area (Å²) < 4.78 is 56.3. The van der Waals surface area contributed by atoms with Gasteiger partial charge in [-0.05, 0) is 48.2 Å². The SMILES string of the molecule is COc1cc(CCC(=O)N[C@H](CO)Cc2ccccc2)cc2c(C(=O)OCCCO)c(-c3ccc(C(F)(F)F)cc3)oc12. The fourth-order valence-corrected chi connectivity index (χ4v) is 4.66. The van der Waals surface area contributed by atoms with Crippen LogP contribution < -0.4 is 10.1 Å². The summed E-state index contributed by atoms with van der Waals surface area (Å²) in [5.74, 6) is -0.813. The summed E-state index contributed by atoms with van der Waals surface area (Å²) in [5, 5.41) is 22.0. The maximum Gasteiger partial charge on any atom is 0.416 e. The number of amides is 1. The zero-order valence-electron chi connectivity index (χ0n) is 23.4. The van der Waals surface area contributed by atoms with Crippen molar-refractivity contribution in [1.82, 2.24) is 5.32 Å². The number of benzene rings is 3. The Bertz CT molecular complexity index is 1530. The van der Waals surface area contributed by atoms with E-state index in [1.165, 1.54) is 19.2 Å². The molecule has 4 aromatic rings. The number of methoxy groups -OCH3 is 1. The average molecular weight is 600 g/mol. The normalized spacial score (nSPS) is 12.2. The number of hydrogen-bond acceptors (Lipinski definition) is 7. The highest BCUT2D eigenvalue weighted by Crippen LogP contribution is 2.40. The molecule has 43 heavy (non-hydrogen) atoms. The van der Waals surface area contributed by atoms with Crippen LogP contribution in [0.4, 0.5) is 13.2 Å². The van der Waals surface area contributed by atoms with E-state index in [0.29, 0.717) is 17.4 Å². The number of hydrogen-bond donors (Lipinski definition) is 3. The second-order valence-electron chi connectivity index (χ2n) is 9.91. The number of ether oxygens (including phenoxy) is 2. The van der Waals surface area contributed by atoms with Gasteiger partial charge in [0.2, 0.25) is 5.91 Å². The summed E-state index contributed by atoms with van der Waals surface area (Å²) in [5.41, 5.74) is 1.13. The van der Waals surface area contributed by atoms with Crippen LogP contribution in [0.25, 0.3) is 22.3 Å². The third-order valence-electron chi connectivity index (χ3n) is 6.80. The van der Waals surface area contributed by atoms with E-state index in [0.717, 1.165) is 17.7 Å². The van der Waals surface area contributed by atoms with Gasteiger partial charge in [0.15, 0.2) is 11.3 Å². The zero-order valence-corrected chi connectivity index (χ0v) is 23.4. The number of aliphatic hydroxyl groups excluding tert-OH is 2. The van der Waals surface area contributed by atoms with Gasteiger partial charge in [-0.15, -0.1) is 0 Å². The highest BCUT2D eigenvalue weighted by molar-refractivity contribution is 6.10. The van der Waals surface area contributed by atoms with Crippen LogP contribution in [0.15, 0.2) is 71.1 Å². The third kappa shape index (κ3) is 7.94. The Morgan fingerprint density at radius 3 is 2.35 bits per heavy atom. The van der Waals surface area contributed by atoms with E-state index in [9.17, 15) is 27.9 Å². The van der Waals surface area contributed by atoms with Gasteiger partial charge < -0.3 is 29.4 Å². The summed E-state index contributed by atoms with van der Waals surface area (Å²) in [6.45, 7) is -0.516. The van der Waals surface area contributed by atoms with Crippen molar-refractivity contribution in [2.45, 2.75) is 37.9 Å². The molecule has 1 amide bonds. The molecule has 0 aliphatic heterocycles. The predicted octanol–water partition coefficient (Wildman–Crippen LogP) is 5.32. The first-order valence-corrected chi connectivity index (χ1v) is 13.7. The maximum atomic E-state index is 13.2. The number of furan rings is 1. The summed E-state index contributed by atoms with van der Waals surface area (Å²) >= 11 is 0. The van der Waals surface area contributed by atoms with Gasteiger partial charge >= 0.3 is 12.1 Å². The Morgan fingerprint density at radius 1 is 1.00 bits per heavy atom. The molecule has 1 heterocycles. The van der Waals surface area contributed by atoms with Crippen molar-refractivity contribution < 1.29 is 46.9 Å². The van der Waals surface area contributed by atoms with Crippen LogP contribution in [0.5, 0.6) is 5.75 Å². The van der Waals surface area contributed by atoms with Crippen molar-refractivity contribution in [3.8, 4) is 17.1 Å². The zero-order chi connectivity index (χ0) is 31.0. The summed E-state index contributed by atoms with van der Waals surface area (Å²) in [4.78, 5) is 26.0. The van der Waals surface area contributed by atoms with Crippen molar-refractivity contribution >= 4 is 22.8 Å². The van der Waals surface area contributed by atoms with Crippen LogP contribution in [0, 0.1) is 0 Å². The van der Waals surface area contributed by atoms with Gasteiger partial charge in [0.05, 0.1) is 31.9 Å². The molecular weight excluding hydrogens is 567 g/mol. The molecule has 8 nitrogen and oxygen atoms in total. The van der Waals surface area contributed by atoms with Crippen molar-refractivity contribution in [3.05, 3.63) is 89.0 Å². The van der Waals surface area contributed by atoms with Gasteiger partial charge in [-0.3, -0.25) is 4.79 Å². The minimum Gasteiger partial charge on any atom is -0.493 e. The van der Waals surface area contributed by atoms with E-state index in [-0.39, 0.29) is 73.2 Å². The molecule has 0 bridgehead atoms. The Kier molecular flexibility index (Phi) is 10.4. The Hall–Kier alpha value is -4.35. The van der Waals surface area contributed by atoms with Crippen molar-refractivity contribution in [3.63, 3.8) is 0 Å². The molecule has 0 spiro atoms. The van der Waals surface area contributed by atoms with Gasteiger partial charge in [0.25, 0.3) is 0 Å². The molecule has 0 fully saturated rings. The van der Waals surface area contributed by atoms with E-state index in [1.54, 1.807) is 12.1 Å². The van der Waals surface area contributed by atoms with E-state index >= 15 is 0 Å². The average Bonchev–Trinajstić information content (AvgIpc) is 3.39. The second-order valence-corrected chi connectivity index (χ2v) is 9.91. The number of aryl methyl sites for hydroxylation is 1. The number of carbonyl (C=O) groups excluding carboxylic acids is 2. The lowest BCUT2D eigenvalue weighted by Crippen LogP contribution is -2.39. The molecule has 0 aliphatic rings. The summed E-state index contributed by atoms with van der Waals surface area (Å²) in [6.07, 6.45) is -3.56. The van der Waals surface area contributed by atoms with Crippen LogP contribution >= 0.6 is 0 Å². The number of halogens is 3. The van der Waals surface area contributed by atoms with E-state index < -0.39 is 23.8 Å². The highest BCUT2D eigenvalue weighted by atomic mass is 19.4. The molecule has 1 aromatic heterocycles. The van der Waals surface area contributed by atoms with Gasteiger partial charge in [-0.1, -0.05) is 42.5 Å². The van der Waals surface area contributed by atoms with Crippen molar-refractivity contribution in [2.24, 2.45) is 0 Å². The first-order chi connectivity index (χ1) is 20.6. The highest BCUT2D eigenvalue weighted by Gasteiger charge is 2.31. The Balaban J connectivity index is 1.63. The van der Waals surface area contributed by atoms with Crippen LogP contribution in [0.3, 0.4) is 0 Å². The monoisotopic (exact) mass is 599 g/mol. The van der Waals surface area contributed by atoms with E-state index in [2.05, 4.69) is 5.32 Å². The quantitative estimate of drug-likeness (QED) is 0.141. The fraction of sp³-hybridized carbons (Fsp3) is 0.312. The standard InChI is InChI=1S/C32H32F3NO7/c1-41-26-18-21(8-13-27(39)36-24(19-38)16-20-6-3-2-4-7-20)17-25-28(31(40)42-15-5-14-37)29(43-30(25)26)22-9-11-23(12-10-22)32(33,34)35/h2-4,6-7,9-12,17-18,24,37-38H,5,8,13-16,19H2,1H3,(H,36,39)/t24-/m0/s1.